The molecule has 0 N–H and O–H groups in total. The maximum absolute atomic E-state index is 7.25. The number of rotatable bonds is 6. The third-order valence-electron chi connectivity index (χ3n) is 9.08. The zero-order chi connectivity index (χ0) is 25.6. The molecule has 3 aliphatic rings. The molecule has 8 rings (SSSR count). The molecular weight excluding hydrogens is 468 g/mol. The molecule has 3 fully saturated rings. The maximum atomic E-state index is 7.25. The third-order valence-corrected chi connectivity index (χ3v) is 9.08. The number of hydrogen-bond acceptors (Lipinski definition) is 4. The summed E-state index contributed by atoms with van der Waals surface area (Å²) in [5.74, 6) is 3.35. The largest absolute Gasteiger partial charge is 0.497 e. The summed E-state index contributed by atoms with van der Waals surface area (Å²) in [5, 5.41) is 5.97. The Kier molecular flexibility index (Phi) is 5.93. The smallest absolute Gasteiger partial charge is 0.140 e. The second-order valence-corrected chi connectivity index (χ2v) is 11.0. The van der Waals surface area contributed by atoms with Gasteiger partial charge in [0, 0.05) is 29.1 Å². The van der Waals surface area contributed by atoms with Gasteiger partial charge in [-0.2, -0.15) is 0 Å². The van der Waals surface area contributed by atoms with Crippen LogP contribution in [0.1, 0.15) is 37.9 Å². The van der Waals surface area contributed by atoms with Crippen LogP contribution in [0.3, 0.4) is 0 Å². The minimum Gasteiger partial charge on any atom is -0.497 e. The molecule has 4 nitrogen and oxygen atoms in total. The van der Waals surface area contributed by atoms with E-state index in [1.807, 2.05) is 12.3 Å². The Hall–Kier alpha value is -3.63. The minimum absolute atomic E-state index is 0.113. The Bertz CT molecular complexity index is 1630. The number of aromatic nitrogens is 1. The molecule has 3 saturated heterocycles. The first kappa shape index (κ1) is 23.5. The van der Waals surface area contributed by atoms with E-state index in [2.05, 4.69) is 84.6 Å². The summed E-state index contributed by atoms with van der Waals surface area (Å²) in [6, 6.07) is 28.2. The molecule has 0 spiro atoms. The standard InChI is InChI=1S/C34H34N2O2/c1-3-22-21-36-17-15-23(22)18-32(36)34(29-14-16-35-31-13-12-25(37-2)20-30(29)31)38-33-19-24-8-4-5-9-26(24)27-10-6-7-11-28(27)33/h4-14,16,19-20,22-23,32,34H,3,15,17-18,21H2,1-2H3/t22-,23+,32-,34-/m0/s1. The molecule has 38 heavy (non-hydrogen) atoms. The van der Waals surface area contributed by atoms with Crippen LogP contribution in [-0.4, -0.2) is 36.1 Å². The highest BCUT2D eigenvalue weighted by atomic mass is 16.5. The number of fused-ring (bicyclic) bond motifs is 7. The fourth-order valence-corrected chi connectivity index (χ4v) is 7.08. The molecule has 4 aromatic carbocycles. The van der Waals surface area contributed by atoms with E-state index < -0.39 is 0 Å². The summed E-state index contributed by atoms with van der Waals surface area (Å²) in [6.45, 7) is 4.66. The average molecular weight is 503 g/mol. The van der Waals surface area contributed by atoms with Crippen LogP contribution in [0.2, 0.25) is 0 Å². The van der Waals surface area contributed by atoms with Crippen LogP contribution >= 0.6 is 0 Å². The number of nitrogens with zero attached hydrogens (tertiary/aromatic N) is 2. The fraction of sp³-hybridized carbons (Fsp3) is 0.324. The van der Waals surface area contributed by atoms with Crippen molar-refractivity contribution < 1.29 is 9.47 Å². The average Bonchev–Trinajstić information content (AvgIpc) is 2.99. The minimum atomic E-state index is -0.113. The second-order valence-electron chi connectivity index (χ2n) is 11.0. The normalized spacial score (nSPS) is 23.6. The van der Waals surface area contributed by atoms with Crippen LogP contribution in [-0.2, 0) is 0 Å². The van der Waals surface area contributed by atoms with Gasteiger partial charge in [0.25, 0.3) is 0 Å². The molecule has 3 aliphatic heterocycles. The predicted molar refractivity (Wildman–Crippen MR) is 155 cm³/mol. The van der Waals surface area contributed by atoms with Gasteiger partial charge in [0.1, 0.15) is 17.6 Å². The van der Waals surface area contributed by atoms with E-state index in [1.165, 1.54) is 41.0 Å². The summed E-state index contributed by atoms with van der Waals surface area (Å²) in [4.78, 5) is 7.39. The highest BCUT2D eigenvalue weighted by Crippen LogP contribution is 2.45. The number of pyridine rings is 1. The number of benzene rings is 4. The Balaban J connectivity index is 1.41. The zero-order valence-corrected chi connectivity index (χ0v) is 22.1. The van der Waals surface area contributed by atoms with Gasteiger partial charge >= 0.3 is 0 Å². The zero-order valence-electron chi connectivity index (χ0n) is 22.1. The molecule has 192 valence electrons. The molecule has 0 saturated carbocycles. The lowest BCUT2D eigenvalue weighted by molar-refractivity contribution is -0.0480. The SMILES string of the molecule is CC[C@H]1CN2CC[C@@H]1C[C@H]2[C@@H](Oc1cc2ccccc2c2ccccc12)c1ccnc2ccc(OC)cc12. The lowest BCUT2D eigenvalue weighted by Gasteiger charge is -2.52. The van der Waals surface area contributed by atoms with Crippen molar-refractivity contribution >= 4 is 32.4 Å². The van der Waals surface area contributed by atoms with Crippen molar-refractivity contribution in [2.45, 2.75) is 38.3 Å². The van der Waals surface area contributed by atoms with Gasteiger partial charge in [-0.05, 0) is 77.7 Å². The molecule has 5 aromatic rings. The summed E-state index contributed by atoms with van der Waals surface area (Å²) in [6.07, 6.45) is 5.54. The van der Waals surface area contributed by atoms with Crippen LogP contribution in [0.4, 0.5) is 0 Å². The highest BCUT2D eigenvalue weighted by Gasteiger charge is 2.44. The third kappa shape index (κ3) is 3.90. The van der Waals surface area contributed by atoms with Crippen molar-refractivity contribution in [3.8, 4) is 11.5 Å². The lowest BCUT2D eigenvalue weighted by Crippen LogP contribution is -2.56. The van der Waals surface area contributed by atoms with Crippen molar-refractivity contribution in [3.05, 3.63) is 90.6 Å². The highest BCUT2D eigenvalue weighted by molar-refractivity contribution is 6.10. The maximum Gasteiger partial charge on any atom is 0.140 e. The number of piperidine rings is 3. The van der Waals surface area contributed by atoms with Crippen LogP contribution in [0, 0.1) is 11.8 Å². The summed E-state index contributed by atoms with van der Waals surface area (Å²) in [7, 11) is 1.73. The van der Waals surface area contributed by atoms with E-state index >= 15 is 0 Å². The van der Waals surface area contributed by atoms with E-state index in [9.17, 15) is 0 Å². The van der Waals surface area contributed by atoms with Gasteiger partial charge < -0.3 is 9.47 Å². The van der Waals surface area contributed by atoms with Crippen molar-refractivity contribution in [2.24, 2.45) is 11.8 Å². The van der Waals surface area contributed by atoms with Gasteiger partial charge in [0.05, 0.1) is 18.7 Å². The fourth-order valence-electron chi connectivity index (χ4n) is 7.08. The van der Waals surface area contributed by atoms with Crippen LogP contribution in [0.15, 0.2) is 85.1 Å². The Morgan fingerprint density at radius 2 is 1.74 bits per heavy atom. The van der Waals surface area contributed by atoms with Crippen molar-refractivity contribution in [3.63, 3.8) is 0 Å². The number of ether oxygens (including phenoxy) is 2. The van der Waals surface area contributed by atoms with Crippen LogP contribution < -0.4 is 9.47 Å². The summed E-state index contributed by atoms with van der Waals surface area (Å²) < 4.78 is 12.9. The van der Waals surface area contributed by atoms with E-state index in [1.54, 1.807) is 7.11 Å². The second kappa shape index (κ2) is 9.59. The van der Waals surface area contributed by atoms with Gasteiger partial charge in [-0.25, -0.2) is 0 Å². The molecule has 0 aliphatic carbocycles. The quantitative estimate of drug-likeness (QED) is 0.222. The van der Waals surface area contributed by atoms with Crippen molar-refractivity contribution in [1.82, 2.24) is 9.88 Å². The molecule has 1 unspecified atom stereocenters. The Labute approximate surface area is 224 Å². The number of hydrogen-bond donors (Lipinski definition) is 0. The van der Waals surface area contributed by atoms with Crippen molar-refractivity contribution in [1.29, 1.82) is 0 Å². The van der Waals surface area contributed by atoms with Crippen LogP contribution in [0.5, 0.6) is 11.5 Å². The Morgan fingerprint density at radius 1 is 0.921 bits per heavy atom. The van der Waals surface area contributed by atoms with Gasteiger partial charge in [0.2, 0.25) is 0 Å². The van der Waals surface area contributed by atoms with Crippen molar-refractivity contribution in [2.75, 3.05) is 20.2 Å². The predicted octanol–water partition coefficient (Wildman–Crippen LogP) is 7.79. The monoisotopic (exact) mass is 502 g/mol. The first-order valence-corrected chi connectivity index (χ1v) is 14.0. The molecule has 0 amide bonds. The summed E-state index contributed by atoms with van der Waals surface area (Å²) in [5.41, 5.74) is 2.17. The van der Waals surface area contributed by atoms with Crippen LogP contribution in [0.25, 0.3) is 32.4 Å². The van der Waals surface area contributed by atoms with E-state index in [0.717, 1.165) is 52.7 Å². The van der Waals surface area contributed by atoms with Gasteiger partial charge in [-0.1, -0.05) is 61.9 Å². The first-order chi connectivity index (χ1) is 18.7. The van der Waals surface area contributed by atoms with E-state index in [-0.39, 0.29) is 6.10 Å². The molecular formula is C34H34N2O2. The van der Waals surface area contributed by atoms with E-state index in [4.69, 9.17) is 14.5 Å². The van der Waals surface area contributed by atoms with Gasteiger partial charge in [0.15, 0.2) is 0 Å². The molecule has 1 aromatic heterocycles. The first-order valence-electron chi connectivity index (χ1n) is 14.0. The molecule has 0 radical (unpaired) electrons. The lowest BCUT2D eigenvalue weighted by atomic mass is 9.72. The molecule has 4 heteroatoms. The topological polar surface area (TPSA) is 34.6 Å². The Morgan fingerprint density at radius 3 is 2.53 bits per heavy atom. The van der Waals surface area contributed by atoms with E-state index in [0.29, 0.717) is 6.04 Å². The summed E-state index contributed by atoms with van der Waals surface area (Å²) >= 11 is 0. The van der Waals surface area contributed by atoms with Gasteiger partial charge in [-0.15, -0.1) is 0 Å². The number of methoxy groups -OCH3 is 1. The van der Waals surface area contributed by atoms with Gasteiger partial charge in [-0.3, -0.25) is 9.88 Å². The molecule has 5 atom stereocenters. The molecule has 2 bridgehead atoms. The molecule has 4 heterocycles.